The Hall–Kier alpha value is -2.00. The first-order valence-electron chi connectivity index (χ1n) is 7.23. The first kappa shape index (κ1) is 17.8. The van der Waals surface area contributed by atoms with Gasteiger partial charge in [-0.15, -0.1) is 11.3 Å². The van der Waals surface area contributed by atoms with Crippen LogP contribution >= 0.6 is 27.3 Å². The van der Waals surface area contributed by atoms with Crippen LogP contribution in [0.15, 0.2) is 40.2 Å². The second-order valence-electron chi connectivity index (χ2n) is 5.56. The summed E-state index contributed by atoms with van der Waals surface area (Å²) in [6.07, 6.45) is 0. The van der Waals surface area contributed by atoms with E-state index in [4.69, 9.17) is 0 Å². The fraction of sp³-hybridized carbons (Fsp3) is 0.250. The van der Waals surface area contributed by atoms with E-state index in [0.717, 1.165) is 13.6 Å². The van der Waals surface area contributed by atoms with Crippen LogP contribution in [0.5, 0.6) is 5.75 Å². The van der Waals surface area contributed by atoms with E-state index >= 15 is 0 Å². The lowest BCUT2D eigenvalue weighted by Crippen LogP contribution is -2.40. The van der Waals surface area contributed by atoms with Crippen LogP contribution in [0.25, 0.3) is 0 Å². The van der Waals surface area contributed by atoms with Crippen molar-refractivity contribution in [1.82, 2.24) is 10.2 Å². The summed E-state index contributed by atoms with van der Waals surface area (Å²) in [7, 11) is 0. The summed E-state index contributed by atoms with van der Waals surface area (Å²) in [4.78, 5) is 27.1. The number of hydrogen-bond acceptors (Lipinski definition) is 4. The molecule has 0 aliphatic carbocycles. The number of rotatable bonds is 5. The molecule has 3 amide bonds. The van der Waals surface area contributed by atoms with Gasteiger partial charge in [-0.2, -0.15) is 8.78 Å². The predicted molar refractivity (Wildman–Crippen MR) is 91.5 cm³/mol. The lowest BCUT2D eigenvalue weighted by Gasteiger charge is -2.22. The van der Waals surface area contributed by atoms with Crippen molar-refractivity contribution in [1.29, 1.82) is 0 Å². The van der Waals surface area contributed by atoms with Gasteiger partial charge in [0.2, 0.25) is 0 Å². The highest BCUT2D eigenvalue weighted by atomic mass is 79.9. The van der Waals surface area contributed by atoms with Crippen molar-refractivity contribution in [3.8, 4) is 5.75 Å². The minimum absolute atomic E-state index is 0.0144. The topological polar surface area (TPSA) is 58.6 Å². The Morgan fingerprint density at radius 1 is 1.24 bits per heavy atom. The van der Waals surface area contributed by atoms with Gasteiger partial charge in [0.25, 0.3) is 5.91 Å². The molecule has 9 heteroatoms. The van der Waals surface area contributed by atoms with E-state index in [1.807, 2.05) is 12.1 Å². The molecule has 2 heterocycles. The van der Waals surface area contributed by atoms with Crippen molar-refractivity contribution < 1.29 is 23.1 Å². The molecule has 0 spiro atoms. The lowest BCUT2D eigenvalue weighted by atomic mass is 9.92. The first-order valence-corrected chi connectivity index (χ1v) is 8.84. The molecule has 0 saturated carbocycles. The third kappa shape index (κ3) is 3.52. The molecule has 1 N–H and O–H groups in total. The molecule has 1 aromatic carbocycles. The number of hydrogen-bond donors (Lipinski definition) is 1. The fourth-order valence-electron chi connectivity index (χ4n) is 2.60. The van der Waals surface area contributed by atoms with Gasteiger partial charge in [-0.05, 0) is 52.7 Å². The number of alkyl halides is 2. The Bertz CT molecular complexity index is 812. The van der Waals surface area contributed by atoms with Gasteiger partial charge in [-0.25, -0.2) is 4.79 Å². The van der Waals surface area contributed by atoms with E-state index in [9.17, 15) is 18.4 Å². The summed E-state index contributed by atoms with van der Waals surface area (Å²) in [5.74, 6) is -0.413. The molecule has 5 nitrogen and oxygen atoms in total. The third-order valence-electron chi connectivity index (χ3n) is 3.87. The van der Waals surface area contributed by atoms with Gasteiger partial charge in [-0.1, -0.05) is 12.1 Å². The summed E-state index contributed by atoms with van der Waals surface area (Å²) >= 11 is 4.78. The molecule has 1 atom stereocenters. The largest absolute Gasteiger partial charge is 0.435 e. The molecule has 1 aliphatic heterocycles. The predicted octanol–water partition coefficient (Wildman–Crippen LogP) is 4.08. The van der Waals surface area contributed by atoms with E-state index in [2.05, 4.69) is 26.0 Å². The second kappa shape index (κ2) is 6.72. The van der Waals surface area contributed by atoms with Crippen LogP contribution in [0.4, 0.5) is 13.6 Å². The Morgan fingerprint density at radius 3 is 2.48 bits per heavy atom. The fourth-order valence-corrected chi connectivity index (χ4v) is 4.07. The standard InChI is InChI=1S/C16H13BrF2N2O3S/c1-16(9-2-4-10(5-3-9)24-14(18)19)13(22)21(15(23)20-16)8-11-6-7-12(17)25-11/h2-7,14H,8H2,1H3,(H,20,23). The molecular weight excluding hydrogens is 418 g/mol. The highest BCUT2D eigenvalue weighted by Crippen LogP contribution is 2.32. The molecule has 1 aromatic heterocycles. The molecule has 132 valence electrons. The summed E-state index contributed by atoms with van der Waals surface area (Å²) in [5.41, 5.74) is -0.767. The number of carbonyl (C=O) groups excluding carboxylic acids is 2. The van der Waals surface area contributed by atoms with Gasteiger partial charge in [0, 0.05) is 4.88 Å². The third-order valence-corrected chi connectivity index (χ3v) is 5.48. The zero-order valence-electron chi connectivity index (χ0n) is 13.0. The number of nitrogens with one attached hydrogen (secondary N) is 1. The van der Waals surface area contributed by atoms with E-state index in [1.54, 1.807) is 6.92 Å². The van der Waals surface area contributed by atoms with E-state index in [1.165, 1.54) is 35.6 Å². The highest BCUT2D eigenvalue weighted by molar-refractivity contribution is 9.11. The van der Waals surface area contributed by atoms with Crippen molar-refractivity contribution >= 4 is 39.2 Å². The van der Waals surface area contributed by atoms with Gasteiger partial charge in [0.15, 0.2) is 0 Å². The summed E-state index contributed by atoms with van der Waals surface area (Å²) < 4.78 is 29.7. The van der Waals surface area contributed by atoms with Crippen LogP contribution in [-0.2, 0) is 16.9 Å². The molecule has 0 radical (unpaired) electrons. The zero-order chi connectivity index (χ0) is 18.2. The summed E-state index contributed by atoms with van der Waals surface area (Å²) in [6.45, 7) is -1.17. The highest BCUT2D eigenvalue weighted by Gasteiger charge is 2.49. The lowest BCUT2D eigenvalue weighted by molar-refractivity contribution is -0.131. The molecule has 1 unspecified atom stereocenters. The quantitative estimate of drug-likeness (QED) is 0.726. The number of ether oxygens (including phenoxy) is 1. The van der Waals surface area contributed by atoms with Crippen LogP contribution in [0.3, 0.4) is 0 Å². The molecule has 3 rings (SSSR count). The first-order chi connectivity index (χ1) is 11.8. The summed E-state index contributed by atoms with van der Waals surface area (Å²) in [6, 6.07) is 8.84. The minimum atomic E-state index is -2.92. The van der Waals surface area contributed by atoms with Crippen molar-refractivity contribution in [2.75, 3.05) is 0 Å². The normalized spacial score (nSPS) is 20.3. The Balaban J connectivity index is 1.81. The smallest absolute Gasteiger partial charge is 0.387 e. The molecule has 0 bridgehead atoms. The molecule has 25 heavy (non-hydrogen) atoms. The average Bonchev–Trinajstić information content (AvgIpc) is 3.05. The van der Waals surface area contributed by atoms with Crippen molar-refractivity contribution in [3.63, 3.8) is 0 Å². The van der Waals surface area contributed by atoms with E-state index < -0.39 is 24.1 Å². The maximum atomic E-state index is 12.8. The van der Waals surface area contributed by atoms with Crippen LogP contribution < -0.4 is 10.1 Å². The average molecular weight is 431 g/mol. The second-order valence-corrected chi connectivity index (χ2v) is 8.10. The molecule has 1 fully saturated rings. The molecule has 1 aliphatic rings. The maximum absolute atomic E-state index is 12.8. The van der Waals surface area contributed by atoms with Gasteiger partial charge in [-0.3, -0.25) is 9.69 Å². The molecular formula is C16H13BrF2N2O3S. The number of imide groups is 1. The van der Waals surface area contributed by atoms with Crippen LogP contribution in [-0.4, -0.2) is 23.4 Å². The zero-order valence-corrected chi connectivity index (χ0v) is 15.4. The van der Waals surface area contributed by atoms with Crippen LogP contribution in [0.2, 0.25) is 0 Å². The van der Waals surface area contributed by atoms with Crippen LogP contribution in [0.1, 0.15) is 17.4 Å². The number of amides is 3. The van der Waals surface area contributed by atoms with Gasteiger partial charge in [0.1, 0.15) is 11.3 Å². The SMILES string of the molecule is CC1(c2ccc(OC(F)F)cc2)NC(=O)N(Cc2ccc(Br)s2)C1=O. The van der Waals surface area contributed by atoms with E-state index in [-0.39, 0.29) is 12.3 Å². The van der Waals surface area contributed by atoms with Crippen molar-refractivity contribution in [3.05, 3.63) is 50.6 Å². The number of urea groups is 1. The maximum Gasteiger partial charge on any atom is 0.387 e. The molecule has 1 saturated heterocycles. The van der Waals surface area contributed by atoms with Gasteiger partial charge < -0.3 is 10.1 Å². The van der Waals surface area contributed by atoms with Gasteiger partial charge in [0.05, 0.1) is 10.3 Å². The number of carbonyl (C=O) groups is 2. The number of benzene rings is 1. The number of thiophene rings is 1. The van der Waals surface area contributed by atoms with Gasteiger partial charge >= 0.3 is 12.6 Å². The Labute approximate surface area is 154 Å². The Kier molecular flexibility index (Phi) is 4.79. The molecule has 2 aromatic rings. The van der Waals surface area contributed by atoms with Crippen molar-refractivity contribution in [2.24, 2.45) is 0 Å². The monoisotopic (exact) mass is 430 g/mol. The number of halogens is 3. The Morgan fingerprint density at radius 2 is 1.92 bits per heavy atom. The number of nitrogens with zero attached hydrogens (tertiary/aromatic N) is 1. The van der Waals surface area contributed by atoms with E-state index in [0.29, 0.717) is 5.56 Å². The minimum Gasteiger partial charge on any atom is -0.435 e. The van der Waals surface area contributed by atoms with Crippen LogP contribution in [0, 0.1) is 0 Å². The van der Waals surface area contributed by atoms with Crippen molar-refractivity contribution in [2.45, 2.75) is 25.6 Å². The summed E-state index contributed by atoms with van der Waals surface area (Å²) in [5, 5.41) is 2.68.